The number of thiazole rings is 1. The first-order valence-corrected chi connectivity index (χ1v) is 4.80. The molecule has 0 atom stereocenters. The maximum Gasteiger partial charge on any atom is 0.0840 e. The molecular weight excluding hydrogens is 166 g/mol. The molecule has 64 valence electrons. The van der Waals surface area contributed by atoms with Crippen molar-refractivity contribution in [2.24, 2.45) is 5.92 Å². The lowest BCUT2D eigenvalue weighted by Gasteiger charge is -2.06. The van der Waals surface area contributed by atoms with Crippen molar-refractivity contribution in [3.63, 3.8) is 0 Å². The number of nitrogens with zero attached hydrogens (tertiary/aromatic N) is 1. The maximum absolute atomic E-state index is 4.26. The zero-order valence-corrected chi connectivity index (χ0v) is 8.32. The molecule has 0 aliphatic carbocycles. The normalized spacial score (nSPS) is 10.2. The van der Waals surface area contributed by atoms with Crippen molar-refractivity contribution in [1.82, 2.24) is 4.98 Å². The standard InChI is InChI=1S/C10H13NS/c1-5-9-10(11-6-12-9)8(4)7(2)3/h5-7H,1,4H2,2-3H3. The van der Waals surface area contributed by atoms with Crippen molar-refractivity contribution in [2.45, 2.75) is 13.8 Å². The van der Waals surface area contributed by atoms with Gasteiger partial charge in [-0.2, -0.15) is 0 Å². The first-order chi connectivity index (χ1) is 5.66. The first kappa shape index (κ1) is 9.20. The fourth-order valence-corrected chi connectivity index (χ4v) is 1.58. The number of aromatic nitrogens is 1. The lowest BCUT2D eigenvalue weighted by molar-refractivity contribution is 0.852. The van der Waals surface area contributed by atoms with Crippen LogP contribution in [0.3, 0.4) is 0 Å². The van der Waals surface area contributed by atoms with Gasteiger partial charge in [-0.15, -0.1) is 11.3 Å². The zero-order chi connectivity index (χ0) is 9.14. The second-order valence-corrected chi connectivity index (χ2v) is 3.84. The van der Waals surface area contributed by atoms with Crippen LogP contribution in [0, 0.1) is 5.92 Å². The van der Waals surface area contributed by atoms with Gasteiger partial charge in [0.1, 0.15) is 0 Å². The molecule has 0 radical (unpaired) electrons. The topological polar surface area (TPSA) is 12.9 Å². The highest BCUT2D eigenvalue weighted by molar-refractivity contribution is 7.10. The Labute approximate surface area is 77.5 Å². The number of hydrogen-bond acceptors (Lipinski definition) is 2. The molecule has 0 N–H and O–H groups in total. The van der Waals surface area contributed by atoms with Crippen LogP contribution in [0.5, 0.6) is 0 Å². The molecule has 0 amide bonds. The lowest BCUT2D eigenvalue weighted by atomic mass is 10.0. The highest BCUT2D eigenvalue weighted by Crippen LogP contribution is 2.26. The molecule has 0 bridgehead atoms. The summed E-state index contributed by atoms with van der Waals surface area (Å²) < 4.78 is 0. The molecule has 0 fully saturated rings. The van der Waals surface area contributed by atoms with E-state index in [1.807, 2.05) is 11.6 Å². The largest absolute Gasteiger partial charge is 0.244 e. The summed E-state index contributed by atoms with van der Waals surface area (Å²) in [6.45, 7) is 12.0. The molecule has 2 heteroatoms. The van der Waals surface area contributed by atoms with E-state index in [-0.39, 0.29) is 0 Å². The third-order valence-corrected chi connectivity index (χ3v) is 2.61. The number of hydrogen-bond donors (Lipinski definition) is 0. The molecule has 12 heavy (non-hydrogen) atoms. The molecule has 1 rings (SSSR count). The van der Waals surface area contributed by atoms with E-state index in [0.29, 0.717) is 5.92 Å². The van der Waals surface area contributed by atoms with Gasteiger partial charge in [0, 0.05) is 0 Å². The molecule has 0 unspecified atom stereocenters. The van der Waals surface area contributed by atoms with Crippen LogP contribution < -0.4 is 0 Å². The fourth-order valence-electron chi connectivity index (χ4n) is 0.915. The molecule has 1 aromatic rings. The molecule has 1 nitrogen and oxygen atoms in total. The van der Waals surface area contributed by atoms with Gasteiger partial charge in [-0.1, -0.05) is 27.0 Å². The van der Waals surface area contributed by atoms with Gasteiger partial charge in [0.05, 0.1) is 16.1 Å². The van der Waals surface area contributed by atoms with Gasteiger partial charge in [-0.05, 0) is 17.6 Å². The predicted octanol–water partition coefficient (Wildman–Crippen LogP) is 3.46. The van der Waals surface area contributed by atoms with E-state index in [1.54, 1.807) is 11.3 Å². The Balaban J connectivity index is 3.01. The molecular formula is C10H13NS. The Bertz CT molecular complexity index is 297. The molecule has 0 saturated heterocycles. The summed E-state index contributed by atoms with van der Waals surface area (Å²) in [6, 6.07) is 0. The molecule has 1 aromatic heterocycles. The van der Waals surface area contributed by atoms with E-state index in [1.165, 1.54) is 0 Å². The SMILES string of the molecule is C=Cc1scnc1C(=C)C(C)C. The first-order valence-electron chi connectivity index (χ1n) is 3.92. The second-order valence-electron chi connectivity index (χ2n) is 2.95. The highest BCUT2D eigenvalue weighted by Gasteiger charge is 2.09. The summed E-state index contributed by atoms with van der Waals surface area (Å²) in [6.07, 6.45) is 1.83. The number of rotatable bonds is 3. The monoisotopic (exact) mass is 179 g/mol. The van der Waals surface area contributed by atoms with Crippen LogP contribution in [0.2, 0.25) is 0 Å². The summed E-state index contributed by atoms with van der Waals surface area (Å²) in [4.78, 5) is 5.38. The quantitative estimate of drug-likeness (QED) is 0.692. The fraction of sp³-hybridized carbons (Fsp3) is 0.300. The second kappa shape index (κ2) is 3.68. The minimum absolute atomic E-state index is 0.450. The third kappa shape index (κ3) is 1.64. The zero-order valence-electron chi connectivity index (χ0n) is 7.50. The molecule has 1 heterocycles. The van der Waals surface area contributed by atoms with Gasteiger partial charge in [0.2, 0.25) is 0 Å². The van der Waals surface area contributed by atoms with Crippen LogP contribution in [0.25, 0.3) is 11.6 Å². The van der Waals surface area contributed by atoms with Crippen LogP contribution in [0.4, 0.5) is 0 Å². The Morgan fingerprint density at radius 1 is 1.67 bits per heavy atom. The van der Waals surface area contributed by atoms with E-state index in [2.05, 4.69) is 32.0 Å². The highest BCUT2D eigenvalue weighted by atomic mass is 32.1. The van der Waals surface area contributed by atoms with Crippen LogP contribution >= 0.6 is 11.3 Å². The summed E-state index contributed by atoms with van der Waals surface area (Å²) >= 11 is 1.61. The van der Waals surface area contributed by atoms with Crippen molar-refractivity contribution >= 4 is 23.0 Å². The maximum atomic E-state index is 4.26. The van der Waals surface area contributed by atoms with Gasteiger partial charge in [0.25, 0.3) is 0 Å². The van der Waals surface area contributed by atoms with E-state index >= 15 is 0 Å². The predicted molar refractivity (Wildman–Crippen MR) is 56.1 cm³/mol. The van der Waals surface area contributed by atoms with Gasteiger partial charge < -0.3 is 0 Å². The van der Waals surface area contributed by atoms with E-state index in [9.17, 15) is 0 Å². The van der Waals surface area contributed by atoms with Crippen LogP contribution in [-0.4, -0.2) is 4.98 Å². The average Bonchev–Trinajstić information content (AvgIpc) is 2.49. The summed E-state index contributed by atoms with van der Waals surface area (Å²) in [7, 11) is 0. The van der Waals surface area contributed by atoms with E-state index in [0.717, 1.165) is 16.1 Å². The molecule has 0 aromatic carbocycles. The Morgan fingerprint density at radius 2 is 2.33 bits per heavy atom. The van der Waals surface area contributed by atoms with Crippen molar-refractivity contribution in [3.05, 3.63) is 29.2 Å². The van der Waals surface area contributed by atoms with Crippen molar-refractivity contribution in [3.8, 4) is 0 Å². The van der Waals surface area contributed by atoms with E-state index < -0.39 is 0 Å². The summed E-state index contributed by atoms with van der Waals surface area (Å²) in [5.74, 6) is 0.450. The summed E-state index contributed by atoms with van der Waals surface area (Å²) in [5.41, 5.74) is 3.93. The Kier molecular flexibility index (Phi) is 2.82. The molecule has 0 spiro atoms. The van der Waals surface area contributed by atoms with Crippen molar-refractivity contribution in [2.75, 3.05) is 0 Å². The van der Waals surface area contributed by atoms with Gasteiger partial charge in [-0.25, -0.2) is 4.98 Å². The van der Waals surface area contributed by atoms with Gasteiger partial charge in [-0.3, -0.25) is 0 Å². The Hall–Kier alpha value is -0.890. The van der Waals surface area contributed by atoms with Crippen LogP contribution in [0.15, 0.2) is 18.7 Å². The average molecular weight is 179 g/mol. The van der Waals surface area contributed by atoms with Crippen LogP contribution in [-0.2, 0) is 0 Å². The Morgan fingerprint density at radius 3 is 2.83 bits per heavy atom. The van der Waals surface area contributed by atoms with Crippen molar-refractivity contribution < 1.29 is 0 Å². The van der Waals surface area contributed by atoms with Gasteiger partial charge >= 0.3 is 0 Å². The number of allylic oxidation sites excluding steroid dienone is 1. The molecule has 0 aliphatic heterocycles. The van der Waals surface area contributed by atoms with Gasteiger partial charge in [0.15, 0.2) is 0 Å². The minimum atomic E-state index is 0.450. The smallest absolute Gasteiger partial charge is 0.0840 e. The van der Waals surface area contributed by atoms with Crippen LogP contribution in [0.1, 0.15) is 24.4 Å². The van der Waals surface area contributed by atoms with Crippen molar-refractivity contribution in [1.29, 1.82) is 0 Å². The summed E-state index contributed by atoms with van der Waals surface area (Å²) in [5, 5.41) is 0. The van der Waals surface area contributed by atoms with E-state index in [4.69, 9.17) is 0 Å². The third-order valence-electron chi connectivity index (χ3n) is 1.78. The lowest BCUT2D eigenvalue weighted by Crippen LogP contribution is -1.93. The molecule has 0 saturated carbocycles. The molecule has 0 aliphatic rings. The minimum Gasteiger partial charge on any atom is -0.244 e.